The first kappa shape index (κ1) is 26.0. The van der Waals surface area contributed by atoms with Gasteiger partial charge in [0, 0.05) is 30.4 Å². The highest BCUT2D eigenvalue weighted by Gasteiger charge is 2.23. The zero-order chi connectivity index (χ0) is 27.4. The first-order valence-electron chi connectivity index (χ1n) is 12.7. The van der Waals surface area contributed by atoms with Crippen LogP contribution in [0.1, 0.15) is 36.5 Å². The Hall–Kier alpha value is -4.58. The Kier molecular flexibility index (Phi) is 7.64. The molecule has 0 bridgehead atoms. The number of ether oxygens (including phenoxy) is 1. The number of aromatic nitrogens is 3. The third-order valence-electron chi connectivity index (χ3n) is 6.37. The summed E-state index contributed by atoms with van der Waals surface area (Å²) in [5.41, 5.74) is 3.30. The highest BCUT2D eigenvalue weighted by atomic mass is 32.1. The number of amides is 1. The number of fused-ring (bicyclic) bond motifs is 1. The lowest BCUT2D eigenvalue weighted by Crippen LogP contribution is -2.34. The average molecular weight is 546 g/mol. The van der Waals surface area contributed by atoms with Gasteiger partial charge in [0.1, 0.15) is 22.5 Å². The number of thiocarbonyl (C=S) groups is 1. The summed E-state index contributed by atoms with van der Waals surface area (Å²) >= 11 is 5.32. The van der Waals surface area contributed by atoms with E-state index in [0.717, 1.165) is 43.8 Å². The first-order valence-corrected chi connectivity index (χ1v) is 13.1. The molecule has 0 radical (unpaired) electrons. The number of hydrogen-bond acceptors (Lipinski definition) is 8. The number of nitrogens with zero attached hydrogens (tertiary/aromatic N) is 5. The summed E-state index contributed by atoms with van der Waals surface area (Å²) in [7, 11) is 0. The van der Waals surface area contributed by atoms with Crippen molar-refractivity contribution in [1.82, 2.24) is 20.3 Å². The molecule has 39 heavy (non-hydrogen) atoms. The molecular weight excluding hydrogens is 518 g/mol. The van der Waals surface area contributed by atoms with Crippen molar-refractivity contribution in [3.8, 4) is 11.4 Å². The van der Waals surface area contributed by atoms with Gasteiger partial charge in [-0.15, -0.1) is 10.2 Å². The van der Waals surface area contributed by atoms with Crippen molar-refractivity contribution in [3.05, 3.63) is 76.3 Å². The number of hydrogen-bond donors (Lipinski definition) is 2. The van der Waals surface area contributed by atoms with Crippen molar-refractivity contribution >= 4 is 51.3 Å². The lowest BCUT2D eigenvalue weighted by Gasteiger charge is -2.28. The van der Waals surface area contributed by atoms with Crippen LogP contribution in [0.25, 0.3) is 16.7 Å². The molecule has 2 N–H and O–H groups in total. The van der Waals surface area contributed by atoms with E-state index in [1.54, 1.807) is 30.3 Å². The molecule has 3 aromatic carbocycles. The quantitative estimate of drug-likeness (QED) is 0.190. The van der Waals surface area contributed by atoms with Gasteiger partial charge >= 0.3 is 0 Å². The number of nitro groups is 1. The maximum atomic E-state index is 12.8. The van der Waals surface area contributed by atoms with Gasteiger partial charge in [0.15, 0.2) is 5.11 Å². The molecule has 1 saturated heterocycles. The summed E-state index contributed by atoms with van der Waals surface area (Å²) in [6.45, 7) is 4.04. The van der Waals surface area contributed by atoms with E-state index in [4.69, 9.17) is 17.0 Å². The molecular formula is C27H27N7O4S. The largest absolute Gasteiger partial charge is 0.494 e. The maximum absolute atomic E-state index is 12.8. The molecule has 12 heteroatoms. The molecule has 200 valence electrons. The zero-order valence-electron chi connectivity index (χ0n) is 21.3. The molecule has 0 atom stereocenters. The van der Waals surface area contributed by atoms with Crippen molar-refractivity contribution < 1.29 is 14.5 Å². The maximum Gasteiger partial charge on any atom is 0.293 e. The van der Waals surface area contributed by atoms with E-state index in [0.29, 0.717) is 29.0 Å². The third kappa shape index (κ3) is 5.96. The number of benzene rings is 3. The Morgan fingerprint density at radius 2 is 1.77 bits per heavy atom. The smallest absolute Gasteiger partial charge is 0.293 e. The lowest BCUT2D eigenvalue weighted by molar-refractivity contribution is -0.384. The fraction of sp³-hybridized carbons (Fsp3) is 0.259. The molecule has 1 fully saturated rings. The topological polar surface area (TPSA) is 127 Å². The van der Waals surface area contributed by atoms with Crippen LogP contribution in [0.5, 0.6) is 5.75 Å². The van der Waals surface area contributed by atoms with Gasteiger partial charge in [-0.2, -0.15) is 4.80 Å². The minimum absolute atomic E-state index is 0.0565. The second kappa shape index (κ2) is 11.4. The highest BCUT2D eigenvalue weighted by molar-refractivity contribution is 7.80. The van der Waals surface area contributed by atoms with Gasteiger partial charge in [-0.05, 0) is 93.0 Å². The Balaban J connectivity index is 1.26. The number of nitrogens with one attached hydrogen (secondary N) is 2. The standard InChI is InChI=1S/C27H27N7O4S/c1-2-38-21-10-8-20(9-11-21)33-30-22-12-7-19(17-23(22)31-33)28-27(39)29-26(35)18-6-13-24(25(16-18)34(36)37)32-14-4-3-5-15-32/h6-13,16-17H,2-5,14-15H2,1H3,(H2,28,29,35,39). The fourth-order valence-corrected chi connectivity index (χ4v) is 4.71. The van der Waals surface area contributed by atoms with Crippen LogP contribution in [0.3, 0.4) is 0 Å². The Bertz CT molecular complexity index is 1530. The summed E-state index contributed by atoms with van der Waals surface area (Å²) in [6, 6.07) is 17.3. The molecule has 0 spiro atoms. The monoisotopic (exact) mass is 545 g/mol. The second-order valence-corrected chi connectivity index (χ2v) is 9.44. The van der Waals surface area contributed by atoms with Crippen molar-refractivity contribution in [2.24, 2.45) is 0 Å². The van der Waals surface area contributed by atoms with Gasteiger partial charge in [0.05, 0.1) is 17.2 Å². The zero-order valence-corrected chi connectivity index (χ0v) is 22.1. The molecule has 1 aliphatic rings. The van der Waals surface area contributed by atoms with E-state index >= 15 is 0 Å². The van der Waals surface area contributed by atoms with E-state index in [1.165, 1.54) is 10.9 Å². The Morgan fingerprint density at radius 1 is 1.03 bits per heavy atom. The molecule has 11 nitrogen and oxygen atoms in total. The van der Waals surface area contributed by atoms with Crippen LogP contribution in [0, 0.1) is 10.1 Å². The minimum atomic E-state index is -0.539. The highest BCUT2D eigenvalue weighted by Crippen LogP contribution is 2.31. The lowest BCUT2D eigenvalue weighted by atomic mass is 10.1. The van der Waals surface area contributed by atoms with Gasteiger partial charge in [-0.3, -0.25) is 20.2 Å². The molecule has 1 amide bonds. The van der Waals surface area contributed by atoms with Crippen molar-refractivity contribution in [3.63, 3.8) is 0 Å². The van der Waals surface area contributed by atoms with Gasteiger partial charge < -0.3 is 15.0 Å². The molecule has 0 unspecified atom stereocenters. The van der Waals surface area contributed by atoms with E-state index in [1.807, 2.05) is 36.1 Å². The number of anilines is 2. The number of rotatable bonds is 7. The van der Waals surface area contributed by atoms with Crippen LogP contribution in [0.15, 0.2) is 60.7 Å². The molecule has 1 aliphatic heterocycles. The SMILES string of the molecule is CCOc1ccc(-n2nc3ccc(NC(=S)NC(=O)c4ccc(N5CCCCC5)c([N+](=O)[O-])c4)cc3n2)cc1. The normalized spacial score (nSPS) is 13.2. The van der Waals surface area contributed by atoms with Gasteiger partial charge in [-0.25, -0.2) is 0 Å². The van der Waals surface area contributed by atoms with Crippen LogP contribution < -0.4 is 20.3 Å². The summed E-state index contributed by atoms with van der Waals surface area (Å²) in [5.74, 6) is 0.232. The number of carbonyl (C=O) groups excluding carboxylic acids is 1. The van der Waals surface area contributed by atoms with Crippen LogP contribution in [0.4, 0.5) is 17.1 Å². The minimum Gasteiger partial charge on any atom is -0.494 e. The number of nitro benzene ring substituents is 1. The van der Waals surface area contributed by atoms with Crippen molar-refractivity contribution in [2.45, 2.75) is 26.2 Å². The van der Waals surface area contributed by atoms with Crippen LogP contribution >= 0.6 is 12.2 Å². The summed E-state index contributed by atoms with van der Waals surface area (Å²) in [5, 5.41) is 26.4. The summed E-state index contributed by atoms with van der Waals surface area (Å²) < 4.78 is 5.48. The number of carbonyl (C=O) groups is 1. The Morgan fingerprint density at radius 3 is 2.49 bits per heavy atom. The predicted octanol–water partition coefficient (Wildman–Crippen LogP) is 4.84. The average Bonchev–Trinajstić information content (AvgIpc) is 3.37. The van der Waals surface area contributed by atoms with Gasteiger partial charge in [0.25, 0.3) is 11.6 Å². The Labute approximate surface area is 229 Å². The molecule has 1 aromatic heterocycles. The van der Waals surface area contributed by atoms with Crippen LogP contribution in [-0.2, 0) is 0 Å². The molecule has 0 saturated carbocycles. The van der Waals surface area contributed by atoms with E-state index in [-0.39, 0.29) is 16.4 Å². The van der Waals surface area contributed by atoms with E-state index < -0.39 is 10.8 Å². The fourth-order valence-electron chi connectivity index (χ4n) is 4.50. The number of piperidine rings is 1. The van der Waals surface area contributed by atoms with Crippen molar-refractivity contribution in [2.75, 3.05) is 29.9 Å². The molecule has 4 aromatic rings. The second-order valence-electron chi connectivity index (χ2n) is 9.04. The summed E-state index contributed by atoms with van der Waals surface area (Å²) in [6.07, 6.45) is 3.09. The van der Waals surface area contributed by atoms with Gasteiger partial charge in [-0.1, -0.05) is 0 Å². The van der Waals surface area contributed by atoms with E-state index in [2.05, 4.69) is 20.8 Å². The van der Waals surface area contributed by atoms with Crippen molar-refractivity contribution in [1.29, 1.82) is 0 Å². The first-order chi connectivity index (χ1) is 18.9. The summed E-state index contributed by atoms with van der Waals surface area (Å²) in [4.78, 5) is 27.6. The molecule has 5 rings (SSSR count). The third-order valence-corrected chi connectivity index (χ3v) is 6.58. The predicted molar refractivity (Wildman–Crippen MR) is 153 cm³/mol. The molecule has 0 aliphatic carbocycles. The molecule has 2 heterocycles. The van der Waals surface area contributed by atoms with Crippen LogP contribution in [-0.4, -0.2) is 50.6 Å². The van der Waals surface area contributed by atoms with E-state index in [9.17, 15) is 14.9 Å². The van der Waals surface area contributed by atoms with Gasteiger partial charge in [0.2, 0.25) is 0 Å². The van der Waals surface area contributed by atoms with Crippen LogP contribution in [0.2, 0.25) is 0 Å².